The van der Waals surface area contributed by atoms with Crippen molar-refractivity contribution in [3.63, 3.8) is 0 Å². The highest BCUT2D eigenvalue weighted by Crippen LogP contribution is 2.19. The van der Waals surface area contributed by atoms with E-state index in [9.17, 15) is 18.0 Å². The zero-order valence-electron chi connectivity index (χ0n) is 10.6. The Morgan fingerprint density at radius 1 is 1.42 bits per heavy atom. The molecule has 0 amide bonds. The van der Waals surface area contributed by atoms with E-state index in [0.29, 0.717) is 5.82 Å². The minimum atomic E-state index is -4.34. The molecule has 1 aromatic heterocycles. The molecule has 0 bridgehead atoms. The smallest absolute Gasteiger partial charge is 0.392 e. The maximum Gasteiger partial charge on any atom is 0.392 e. The van der Waals surface area contributed by atoms with E-state index in [2.05, 4.69) is 15.0 Å². The minimum absolute atomic E-state index is 0.0205. The van der Waals surface area contributed by atoms with Crippen LogP contribution in [0.4, 0.5) is 19.0 Å². The van der Waals surface area contributed by atoms with Crippen molar-refractivity contribution in [1.29, 1.82) is 0 Å². The van der Waals surface area contributed by atoms with Gasteiger partial charge in [0.25, 0.3) is 0 Å². The molecule has 0 aliphatic carbocycles. The highest BCUT2D eigenvalue weighted by molar-refractivity contribution is 5.87. The van der Waals surface area contributed by atoms with Gasteiger partial charge in [0.15, 0.2) is 5.69 Å². The van der Waals surface area contributed by atoms with Crippen molar-refractivity contribution in [1.82, 2.24) is 4.98 Å². The third kappa shape index (κ3) is 6.08. The standard InChI is InChI=1S/C12H15F3N2O2/c1-8(2)16-10-5-3-4-9(17-10)11(18)19-7-6-12(13,14)15/h3-5,8H,6-7H2,1-2H3,(H,16,17). The van der Waals surface area contributed by atoms with Crippen molar-refractivity contribution in [2.24, 2.45) is 0 Å². The Kier molecular flexibility index (Phi) is 5.14. The Hall–Kier alpha value is -1.79. The lowest BCUT2D eigenvalue weighted by Gasteiger charge is -2.10. The number of pyridine rings is 1. The molecule has 4 nitrogen and oxygen atoms in total. The Bertz CT molecular complexity index is 433. The molecule has 0 saturated carbocycles. The van der Waals surface area contributed by atoms with Gasteiger partial charge in [-0.05, 0) is 26.0 Å². The van der Waals surface area contributed by atoms with E-state index in [0.717, 1.165) is 0 Å². The van der Waals surface area contributed by atoms with Gasteiger partial charge in [0.1, 0.15) is 12.4 Å². The quantitative estimate of drug-likeness (QED) is 0.840. The van der Waals surface area contributed by atoms with Crippen LogP contribution in [-0.4, -0.2) is 29.8 Å². The summed E-state index contributed by atoms with van der Waals surface area (Å²) < 4.78 is 40.2. The second-order valence-corrected chi connectivity index (χ2v) is 4.21. The molecule has 1 rings (SSSR count). The molecule has 19 heavy (non-hydrogen) atoms. The molecular weight excluding hydrogens is 261 g/mol. The van der Waals surface area contributed by atoms with Gasteiger partial charge < -0.3 is 10.1 Å². The van der Waals surface area contributed by atoms with Crippen molar-refractivity contribution >= 4 is 11.8 Å². The average Bonchev–Trinajstić information content (AvgIpc) is 2.26. The van der Waals surface area contributed by atoms with Crippen LogP contribution in [-0.2, 0) is 4.74 Å². The summed E-state index contributed by atoms with van der Waals surface area (Å²) in [4.78, 5) is 15.4. The largest absolute Gasteiger partial charge is 0.461 e. The van der Waals surface area contributed by atoms with Crippen LogP contribution in [0.3, 0.4) is 0 Å². The van der Waals surface area contributed by atoms with Crippen molar-refractivity contribution in [3.05, 3.63) is 23.9 Å². The molecule has 0 spiro atoms. The van der Waals surface area contributed by atoms with E-state index in [1.807, 2.05) is 13.8 Å². The van der Waals surface area contributed by atoms with Crippen molar-refractivity contribution < 1.29 is 22.7 Å². The van der Waals surface area contributed by atoms with E-state index in [4.69, 9.17) is 0 Å². The first-order valence-electron chi connectivity index (χ1n) is 5.75. The zero-order valence-corrected chi connectivity index (χ0v) is 10.6. The minimum Gasteiger partial charge on any atom is -0.461 e. The maximum atomic E-state index is 11.9. The molecule has 1 N–H and O–H groups in total. The third-order valence-corrected chi connectivity index (χ3v) is 2.01. The first-order valence-corrected chi connectivity index (χ1v) is 5.75. The molecule has 106 valence electrons. The third-order valence-electron chi connectivity index (χ3n) is 2.01. The molecule has 1 aromatic rings. The van der Waals surface area contributed by atoms with Gasteiger partial charge in [0.2, 0.25) is 0 Å². The van der Waals surface area contributed by atoms with Crippen LogP contribution in [0.1, 0.15) is 30.8 Å². The summed E-state index contributed by atoms with van der Waals surface area (Å²) in [7, 11) is 0. The Morgan fingerprint density at radius 2 is 2.11 bits per heavy atom. The Balaban J connectivity index is 2.57. The summed E-state index contributed by atoms with van der Waals surface area (Å²) in [5.74, 6) is -0.392. The van der Waals surface area contributed by atoms with Crippen LogP contribution in [0.2, 0.25) is 0 Å². The predicted octanol–water partition coefficient (Wildman–Crippen LogP) is 3.01. The van der Waals surface area contributed by atoms with Crippen LogP contribution < -0.4 is 5.32 Å². The number of ether oxygens (including phenoxy) is 1. The van der Waals surface area contributed by atoms with Crippen LogP contribution in [0.15, 0.2) is 18.2 Å². The molecule has 0 radical (unpaired) electrons. The molecule has 0 aliphatic rings. The van der Waals surface area contributed by atoms with Gasteiger partial charge >= 0.3 is 12.1 Å². The molecule has 1 heterocycles. The second-order valence-electron chi connectivity index (χ2n) is 4.21. The summed E-state index contributed by atoms with van der Waals surface area (Å²) in [6.07, 6.45) is -5.50. The lowest BCUT2D eigenvalue weighted by molar-refractivity contribution is -0.141. The number of carbonyl (C=O) groups excluding carboxylic acids is 1. The molecule has 0 fully saturated rings. The molecule has 0 unspecified atom stereocenters. The number of anilines is 1. The number of hydrogen-bond donors (Lipinski definition) is 1. The Labute approximate surface area is 109 Å². The fourth-order valence-corrected chi connectivity index (χ4v) is 1.26. The number of aromatic nitrogens is 1. The molecule has 0 aromatic carbocycles. The maximum absolute atomic E-state index is 11.9. The van der Waals surface area contributed by atoms with E-state index in [-0.39, 0.29) is 11.7 Å². The number of carbonyl (C=O) groups is 1. The summed E-state index contributed by atoms with van der Waals surface area (Å²) >= 11 is 0. The number of halogens is 3. The molecule has 0 atom stereocenters. The van der Waals surface area contributed by atoms with Gasteiger partial charge in [-0.1, -0.05) is 6.07 Å². The topological polar surface area (TPSA) is 51.2 Å². The van der Waals surface area contributed by atoms with Gasteiger partial charge in [-0.15, -0.1) is 0 Å². The van der Waals surface area contributed by atoms with Crippen molar-refractivity contribution in [2.75, 3.05) is 11.9 Å². The van der Waals surface area contributed by atoms with Crippen LogP contribution in [0, 0.1) is 0 Å². The number of hydrogen-bond acceptors (Lipinski definition) is 4. The molecule has 0 aliphatic heterocycles. The summed E-state index contributed by atoms with van der Waals surface area (Å²) in [6, 6.07) is 4.76. The summed E-state index contributed by atoms with van der Waals surface area (Å²) in [5, 5.41) is 2.98. The number of rotatable bonds is 5. The van der Waals surface area contributed by atoms with Gasteiger partial charge in [-0.3, -0.25) is 0 Å². The van der Waals surface area contributed by atoms with E-state index < -0.39 is 25.2 Å². The summed E-state index contributed by atoms with van der Waals surface area (Å²) in [5.41, 5.74) is -0.0205. The first kappa shape index (κ1) is 15.3. The number of alkyl halides is 3. The van der Waals surface area contributed by atoms with E-state index in [1.165, 1.54) is 6.07 Å². The SMILES string of the molecule is CC(C)Nc1cccc(C(=O)OCCC(F)(F)F)n1. The number of esters is 1. The predicted molar refractivity (Wildman–Crippen MR) is 64.0 cm³/mol. The average molecular weight is 276 g/mol. The van der Waals surface area contributed by atoms with Crippen molar-refractivity contribution in [3.8, 4) is 0 Å². The summed E-state index contributed by atoms with van der Waals surface area (Å²) in [6.45, 7) is 3.10. The van der Waals surface area contributed by atoms with Gasteiger partial charge in [0.05, 0.1) is 6.42 Å². The molecule has 0 saturated heterocycles. The van der Waals surface area contributed by atoms with Gasteiger partial charge in [-0.2, -0.15) is 13.2 Å². The highest BCUT2D eigenvalue weighted by Gasteiger charge is 2.27. The van der Waals surface area contributed by atoms with E-state index in [1.54, 1.807) is 12.1 Å². The number of nitrogens with zero attached hydrogens (tertiary/aromatic N) is 1. The Morgan fingerprint density at radius 3 is 2.68 bits per heavy atom. The normalized spacial score (nSPS) is 11.5. The zero-order chi connectivity index (χ0) is 14.5. The van der Waals surface area contributed by atoms with Crippen molar-refractivity contribution in [2.45, 2.75) is 32.5 Å². The second kappa shape index (κ2) is 6.40. The monoisotopic (exact) mass is 276 g/mol. The van der Waals surface area contributed by atoms with Crippen LogP contribution in [0.5, 0.6) is 0 Å². The van der Waals surface area contributed by atoms with E-state index >= 15 is 0 Å². The molecular formula is C12H15F3N2O2. The van der Waals surface area contributed by atoms with Crippen LogP contribution in [0.25, 0.3) is 0 Å². The fraction of sp³-hybridized carbons (Fsp3) is 0.500. The van der Waals surface area contributed by atoms with Gasteiger partial charge in [0, 0.05) is 6.04 Å². The number of nitrogens with one attached hydrogen (secondary N) is 1. The lowest BCUT2D eigenvalue weighted by Crippen LogP contribution is -2.16. The van der Waals surface area contributed by atoms with Gasteiger partial charge in [-0.25, -0.2) is 9.78 Å². The highest BCUT2D eigenvalue weighted by atomic mass is 19.4. The van der Waals surface area contributed by atoms with Crippen LogP contribution >= 0.6 is 0 Å². The first-order chi connectivity index (χ1) is 8.78. The molecule has 7 heteroatoms. The lowest BCUT2D eigenvalue weighted by atomic mass is 10.3. The fourth-order valence-electron chi connectivity index (χ4n) is 1.26.